The lowest BCUT2D eigenvalue weighted by Crippen LogP contribution is -2.17. The van der Waals surface area contributed by atoms with Crippen molar-refractivity contribution in [2.75, 3.05) is 0 Å². The number of H-pyrrole nitrogens is 1. The molecular formula is C11H12Cl2N2. The second-order valence-electron chi connectivity index (χ2n) is 3.79. The summed E-state index contributed by atoms with van der Waals surface area (Å²) in [7, 11) is 0. The van der Waals surface area contributed by atoms with E-state index in [2.05, 4.69) is 4.98 Å². The average molecular weight is 243 g/mol. The maximum atomic E-state index is 6.11. The molecule has 2 aromatic rings. The number of fused-ring (bicyclic) bond motifs is 1. The summed E-state index contributed by atoms with van der Waals surface area (Å²) in [6, 6.07) is 5.76. The van der Waals surface area contributed by atoms with Crippen molar-refractivity contribution in [1.82, 2.24) is 4.98 Å². The topological polar surface area (TPSA) is 41.8 Å². The minimum absolute atomic E-state index is 0.0838. The first-order valence-corrected chi connectivity index (χ1v) is 5.54. The van der Waals surface area contributed by atoms with Gasteiger partial charge in [0, 0.05) is 22.0 Å². The summed E-state index contributed by atoms with van der Waals surface area (Å²) in [5.41, 5.74) is 7.82. The molecule has 1 aromatic carbocycles. The Balaban J connectivity index is 2.60. The molecule has 0 aliphatic carbocycles. The number of rotatable bonds is 2. The van der Waals surface area contributed by atoms with Gasteiger partial charge in [-0.3, -0.25) is 0 Å². The molecule has 80 valence electrons. The highest BCUT2D eigenvalue weighted by Crippen LogP contribution is 2.29. The molecule has 3 N–H and O–H groups in total. The zero-order valence-corrected chi connectivity index (χ0v) is 9.86. The third kappa shape index (κ3) is 2.12. The minimum atomic E-state index is 0.0838. The van der Waals surface area contributed by atoms with Crippen LogP contribution in [0.5, 0.6) is 0 Å². The molecule has 0 aliphatic rings. The van der Waals surface area contributed by atoms with Crippen LogP contribution >= 0.6 is 23.2 Å². The second-order valence-corrected chi connectivity index (χ2v) is 4.60. The van der Waals surface area contributed by atoms with Gasteiger partial charge in [-0.05, 0) is 37.1 Å². The maximum Gasteiger partial charge on any atom is 0.110 e. The molecule has 2 nitrogen and oxygen atoms in total. The van der Waals surface area contributed by atoms with E-state index in [9.17, 15) is 0 Å². The molecule has 0 spiro atoms. The normalized spacial score (nSPS) is 13.3. The van der Waals surface area contributed by atoms with E-state index in [1.54, 1.807) is 0 Å². The van der Waals surface area contributed by atoms with Gasteiger partial charge in [-0.25, -0.2) is 0 Å². The Morgan fingerprint density at radius 3 is 2.80 bits per heavy atom. The van der Waals surface area contributed by atoms with Gasteiger partial charge in [0.2, 0.25) is 0 Å². The predicted molar refractivity (Wildman–Crippen MR) is 65.7 cm³/mol. The van der Waals surface area contributed by atoms with Crippen LogP contribution in [0.4, 0.5) is 0 Å². The van der Waals surface area contributed by atoms with Gasteiger partial charge in [-0.15, -0.1) is 0 Å². The van der Waals surface area contributed by atoms with Gasteiger partial charge in [0.25, 0.3) is 0 Å². The highest BCUT2D eigenvalue weighted by Gasteiger charge is 2.11. The van der Waals surface area contributed by atoms with Gasteiger partial charge < -0.3 is 10.7 Å². The first kappa shape index (κ1) is 10.8. The zero-order valence-electron chi connectivity index (χ0n) is 8.35. The lowest BCUT2D eigenvalue weighted by Gasteiger charge is -2.04. The molecule has 0 saturated carbocycles. The van der Waals surface area contributed by atoms with Crippen molar-refractivity contribution < 1.29 is 0 Å². The van der Waals surface area contributed by atoms with E-state index >= 15 is 0 Å². The molecule has 0 fully saturated rings. The van der Waals surface area contributed by atoms with Crippen molar-refractivity contribution >= 4 is 34.1 Å². The van der Waals surface area contributed by atoms with Crippen molar-refractivity contribution in [1.29, 1.82) is 0 Å². The zero-order chi connectivity index (χ0) is 11.0. The fourth-order valence-electron chi connectivity index (χ4n) is 1.71. The van der Waals surface area contributed by atoms with Crippen LogP contribution in [-0.4, -0.2) is 11.0 Å². The number of benzene rings is 1. The van der Waals surface area contributed by atoms with Gasteiger partial charge in [0.15, 0.2) is 0 Å². The molecule has 1 aromatic heterocycles. The Hall–Kier alpha value is -0.700. The number of aromatic amines is 1. The number of aromatic nitrogens is 1. The van der Waals surface area contributed by atoms with Crippen LogP contribution in [0.15, 0.2) is 18.2 Å². The highest BCUT2D eigenvalue weighted by molar-refractivity contribution is 6.33. The third-order valence-corrected chi connectivity index (χ3v) is 2.90. The second kappa shape index (κ2) is 4.05. The van der Waals surface area contributed by atoms with Crippen molar-refractivity contribution in [3.8, 4) is 0 Å². The molecule has 0 aliphatic heterocycles. The van der Waals surface area contributed by atoms with Crippen LogP contribution in [0.2, 0.25) is 10.2 Å². The van der Waals surface area contributed by atoms with E-state index in [1.165, 1.54) is 0 Å². The molecule has 1 unspecified atom stereocenters. The number of nitrogens with one attached hydrogen (secondary N) is 1. The lowest BCUT2D eigenvalue weighted by molar-refractivity contribution is 0.741. The van der Waals surface area contributed by atoms with E-state index in [0.717, 1.165) is 22.9 Å². The van der Waals surface area contributed by atoms with Crippen LogP contribution in [-0.2, 0) is 6.42 Å². The maximum absolute atomic E-state index is 6.11. The molecule has 1 atom stereocenters. The Kier molecular flexibility index (Phi) is 2.91. The molecule has 0 saturated heterocycles. The largest absolute Gasteiger partial charge is 0.345 e. The van der Waals surface area contributed by atoms with Gasteiger partial charge in [-0.1, -0.05) is 23.2 Å². The van der Waals surface area contributed by atoms with Crippen LogP contribution in [0, 0.1) is 0 Å². The van der Waals surface area contributed by atoms with Crippen molar-refractivity contribution in [2.24, 2.45) is 5.73 Å². The summed E-state index contributed by atoms with van der Waals surface area (Å²) in [5.74, 6) is 0. The van der Waals surface area contributed by atoms with Crippen LogP contribution in [0.1, 0.15) is 12.5 Å². The lowest BCUT2D eigenvalue weighted by atomic mass is 10.1. The Morgan fingerprint density at radius 2 is 2.13 bits per heavy atom. The first-order valence-electron chi connectivity index (χ1n) is 4.79. The van der Waals surface area contributed by atoms with E-state index in [-0.39, 0.29) is 6.04 Å². The van der Waals surface area contributed by atoms with Gasteiger partial charge in [-0.2, -0.15) is 0 Å². The Labute approximate surface area is 98.4 Å². The summed E-state index contributed by atoms with van der Waals surface area (Å²) >= 11 is 12.1. The molecule has 1 heterocycles. The highest BCUT2D eigenvalue weighted by atomic mass is 35.5. The van der Waals surface area contributed by atoms with E-state index in [0.29, 0.717) is 10.2 Å². The summed E-state index contributed by atoms with van der Waals surface area (Å²) in [6.45, 7) is 1.96. The molecule has 0 radical (unpaired) electrons. The van der Waals surface area contributed by atoms with E-state index in [4.69, 9.17) is 28.9 Å². The number of halogens is 2. The summed E-state index contributed by atoms with van der Waals surface area (Å²) in [4.78, 5) is 3.11. The minimum Gasteiger partial charge on any atom is -0.345 e. The van der Waals surface area contributed by atoms with Crippen LogP contribution < -0.4 is 5.73 Å². The SMILES string of the molecule is CC(N)Cc1c(Cl)[nH]c2ccc(Cl)cc12. The van der Waals surface area contributed by atoms with Crippen LogP contribution in [0.3, 0.4) is 0 Å². The third-order valence-electron chi connectivity index (χ3n) is 2.34. The van der Waals surface area contributed by atoms with Gasteiger partial charge in [0.1, 0.15) is 5.15 Å². The van der Waals surface area contributed by atoms with E-state index in [1.807, 2.05) is 25.1 Å². The first-order chi connectivity index (χ1) is 7.08. The van der Waals surface area contributed by atoms with E-state index < -0.39 is 0 Å². The van der Waals surface area contributed by atoms with Crippen molar-refractivity contribution in [3.63, 3.8) is 0 Å². The number of nitrogens with two attached hydrogens (primary N) is 1. The van der Waals surface area contributed by atoms with Crippen molar-refractivity contribution in [2.45, 2.75) is 19.4 Å². The molecule has 2 rings (SSSR count). The smallest absolute Gasteiger partial charge is 0.110 e. The number of hydrogen-bond acceptors (Lipinski definition) is 1. The van der Waals surface area contributed by atoms with Gasteiger partial charge in [0.05, 0.1) is 0 Å². The molecule has 4 heteroatoms. The van der Waals surface area contributed by atoms with Crippen molar-refractivity contribution in [3.05, 3.63) is 33.9 Å². The van der Waals surface area contributed by atoms with Crippen LogP contribution in [0.25, 0.3) is 10.9 Å². The molecule has 0 bridgehead atoms. The fraction of sp³-hybridized carbons (Fsp3) is 0.273. The Morgan fingerprint density at radius 1 is 1.40 bits per heavy atom. The predicted octanol–water partition coefficient (Wildman–Crippen LogP) is 3.36. The average Bonchev–Trinajstić information content (AvgIpc) is 2.43. The standard InChI is InChI=1S/C11H12Cl2N2/c1-6(14)4-9-8-5-7(12)2-3-10(8)15-11(9)13/h2-3,5-6,15H,4,14H2,1H3. The summed E-state index contributed by atoms with van der Waals surface area (Å²) in [6.07, 6.45) is 0.749. The summed E-state index contributed by atoms with van der Waals surface area (Å²) in [5, 5.41) is 2.43. The quantitative estimate of drug-likeness (QED) is 0.834. The van der Waals surface area contributed by atoms with Gasteiger partial charge >= 0.3 is 0 Å². The molecule has 0 amide bonds. The molecule has 15 heavy (non-hydrogen) atoms. The monoisotopic (exact) mass is 242 g/mol. The molecular weight excluding hydrogens is 231 g/mol. The fourth-order valence-corrected chi connectivity index (χ4v) is 2.16. The summed E-state index contributed by atoms with van der Waals surface area (Å²) < 4.78 is 0. The Bertz CT molecular complexity index is 489. The number of hydrogen-bond donors (Lipinski definition) is 2.